The van der Waals surface area contributed by atoms with Crippen LogP contribution in [0.1, 0.15) is 28.3 Å². The lowest BCUT2D eigenvalue weighted by atomic mass is 10.0. The highest BCUT2D eigenvalue weighted by Gasteiger charge is 2.08. The summed E-state index contributed by atoms with van der Waals surface area (Å²) < 4.78 is 0. The summed E-state index contributed by atoms with van der Waals surface area (Å²) in [7, 11) is 0. The van der Waals surface area contributed by atoms with Crippen molar-refractivity contribution in [2.45, 2.75) is 30.7 Å². The van der Waals surface area contributed by atoms with Crippen molar-refractivity contribution in [1.82, 2.24) is 0 Å². The van der Waals surface area contributed by atoms with E-state index in [1.165, 1.54) is 20.2 Å². The molecule has 1 aromatic heterocycles. The molecule has 1 heterocycles. The summed E-state index contributed by atoms with van der Waals surface area (Å²) in [5, 5.41) is 0. The fourth-order valence-electron chi connectivity index (χ4n) is 1.91. The Labute approximate surface area is 117 Å². The van der Waals surface area contributed by atoms with E-state index in [0.29, 0.717) is 0 Å². The highest BCUT2D eigenvalue weighted by molar-refractivity contribution is 7.98. The van der Waals surface area contributed by atoms with E-state index in [1.807, 2.05) is 11.3 Å². The van der Waals surface area contributed by atoms with Crippen LogP contribution in [0.5, 0.6) is 0 Å². The van der Waals surface area contributed by atoms with Crippen molar-refractivity contribution in [3.05, 3.63) is 51.7 Å². The molecule has 0 radical (unpaired) electrons. The lowest BCUT2D eigenvalue weighted by Gasteiger charge is -2.11. The average Bonchev–Trinajstić information content (AvgIpc) is 2.86. The van der Waals surface area contributed by atoms with Crippen LogP contribution in [0.15, 0.2) is 41.3 Å². The Morgan fingerprint density at radius 1 is 1.11 bits per heavy atom. The minimum atomic E-state index is 0.101. The van der Waals surface area contributed by atoms with Crippen LogP contribution in [0.2, 0.25) is 0 Å². The molecule has 0 spiro atoms. The molecule has 0 fully saturated rings. The number of hydrogen-bond donors (Lipinski definition) is 1. The second-order valence-corrected chi connectivity index (χ2v) is 6.44. The molecule has 0 amide bonds. The van der Waals surface area contributed by atoms with Gasteiger partial charge in [0.05, 0.1) is 0 Å². The van der Waals surface area contributed by atoms with Crippen LogP contribution in [0, 0.1) is 0 Å². The molecular weight excluding hydrogens is 258 g/mol. The minimum absolute atomic E-state index is 0.101. The molecule has 0 bridgehead atoms. The Hall–Kier alpha value is -0.770. The van der Waals surface area contributed by atoms with E-state index in [2.05, 4.69) is 49.6 Å². The van der Waals surface area contributed by atoms with E-state index in [0.717, 1.165) is 12.8 Å². The van der Waals surface area contributed by atoms with Crippen molar-refractivity contribution in [2.75, 3.05) is 6.26 Å². The zero-order valence-electron chi connectivity index (χ0n) is 10.8. The second-order valence-electron chi connectivity index (χ2n) is 4.31. The predicted octanol–water partition coefficient (Wildman–Crippen LogP) is 4.27. The maximum atomic E-state index is 6.27. The molecule has 2 N–H and O–H groups in total. The molecular formula is C15H19NS2. The molecule has 96 valence electrons. The van der Waals surface area contributed by atoms with Gasteiger partial charge in [0.2, 0.25) is 0 Å². The quantitative estimate of drug-likeness (QED) is 0.826. The van der Waals surface area contributed by atoms with E-state index in [1.54, 1.807) is 11.8 Å². The third-order valence-corrected chi connectivity index (χ3v) is 5.03. The number of nitrogens with two attached hydrogens (primary N) is 1. The minimum Gasteiger partial charge on any atom is -0.324 e. The largest absolute Gasteiger partial charge is 0.324 e. The number of hydrogen-bond acceptors (Lipinski definition) is 3. The van der Waals surface area contributed by atoms with Gasteiger partial charge in [0.25, 0.3) is 0 Å². The first-order chi connectivity index (χ1) is 8.72. The maximum Gasteiger partial charge on any atom is 0.0343 e. The van der Waals surface area contributed by atoms with Crippen molar-refractivity contribution in [3.8, 4) is 0 Å². The van der Waals surface area contributed by atoms with Crippen molar-refractivity contribution >= 4 is 23.1 Å². The van der Waals surface area contributed by atoms with Crippen molar-refractivity contribution in [2.24, 2.45) is 5.73 Å². The summed E-state index contributed by atoms with van der Waals surface area (Å²) in [6.45, 7) is 2.19. The number of benzene rings is 1. The molecule has 18 heavy (non-hydrogen) atoms. The van der Waals surface area contributed by atoms with Gasteiger partial charge in [0.1, 0.15) is 0 Å². The van der Waals surface area contributed by atoms with E-state index in [9.17, 15) is 0 Å². The van der Waals surface area contributed by atoms with Gasteiger partial charge in [0.15, 0.2) is 0 Å². The monoisotopic (exact) mass is 277 g/mol. The fraction of sp³-hybridized carbons (Fsp3) is 0.333. The molecule has 1 atom stereocenters. The van der Waals surface area contributed by atoms with Crippen LogP contribution in [-0.2, 0) is 12.8 Å². The molecule has 1 unspecified atom stereocenters. The Bertz CT molecular complexity index is 487. The van der Waals surface area contributed by atoms with Gasteiger partial charge >= 0.3 is 0 Å². The van der Waals surface area contributed by atoms with Gasteiger partial charge < -0.3 is 5.73 Å². The van der Waals surface area contributed by atoms with Gasteiger partial charge in [-0.25, -0.2) is 0 Å². The van der Waals surface area contributed by atoms with Gasteiger partial charge in [-0.15, -0.1) is 23.1 Å². The van der Waals surface area contributed by atoms with Crippen LogP contribution in [-0.4, -0.2) is 6.26 Å². The zero-order chi connectivity index (χ0) is 13.0. The lowest BCUT2D eigenvalue weighted by Crippen LogP contribution is -2.12. The van der Waals surface area contributed by atoms with E-state index >= 15 is 0 Å². The summed E-state index contributed by atoms with van der Waals surface area (Å²) in [6.07, 6.45) is 4.14. The second kappa shape index (κ2) is 6.41. The SMILES string of the molecule is CCc1ccc(CC(N)c2ccc(SC)cc2)s1. The molecule has 1 nitrogen and oxygen atoms in total. The van der Waals surface area contributed by atoms with Crippen molar-refractivity contribution < 1.29 is 0 Å². The number of thiophene rings is 1. The van der Waals surface area contributed by atoms with Crippen LogP contribution in [0.25, 0.3) is 0 Å². The summed E-state index contributed by atoms with van der Waals surface area (Å²) in [5.74, 6) is 0. The standard InChI is InChI=1S/C15H19NS2/c1-3-12-8-9-14(18-12)10-15(16)11-4-6-13(17-2)7-5-11/h4-9,15H,3,10,16H2,1-2H3. The van der Waals surface area contributed by atoms with Crippen LogP contribution >= 0.6 is 23.1 Å². The normalized spacial score (nSPS) is 12.6. The Balaban J connectivity index is 2.03. The Morgan fingerprint density at radius 3 is 2.33 bits per heavy atom. The first-order valence-electron chi connectivity index (χ1n) is 6.20. The number of thioether (sulfide) groups is 1. The molecule has 1 aromatic carbocycles. The summed E-state index contributed by atoms with van der Waals surface area (Å²) in [6, 6.07) is 13.1. The van der Waals surface area contributed by atoms with Crippen molar-refractivity contribution in [3.63, 3.8) is 0 Å². The lowest BCUT2D eigenvalue weighted by molar-refractivity contribution is 0.729. The third kappa shape index (κ3) is 3.37. The first kappa shape index (κ1) is 13.7. The fourth-order valence-corrected chi connectivity index (χ4v) is 3.33. The van der Waals surface area contributed by atoms with Gasteiger partial charge in [-0.2, -0.15) is 0 Å². The van der Waals surface area contributed by atoms with Gasteiger partial charge in [-0.1, -0.05) is 19.1 Å². The average molecular weight is 277 g/mol. The van der Waals surface area contributed by atoms with Crippen molar-refractivity contribution in [1.29, 1.82) is 0 Å². The van der Waals surface area contributed by atoms with Gasteiger partial charge in [-0.3, -0.25) is 0 Å². The first-order valence-corrected chi connectivity index (χ1v) is 8.24. The highest BCUT2D eigenvalue weighted by atomic mass is 32.2. The van der Waals surface area contributed by atoms with E-state index < -0.39 is 0 Å². The number of rotatable bonds is 5. The summed E-state index contributed by atoms with van der Waals surface area (Å²) >= 11 is 3.64. The molecule has 2 rings (SSSR count). The summed E-state index contributed by atoms with van der Waals surface area (Å²) in [4.78, 5) is 4.11. The molecule has 0 aliphatic heterocycles. The molecule has 0 aliphatic rings. The Kier molecular flexibility index (Phi) is 4.87. The maximum absolute atomic E-state index is 6.27. The van der Waals surface area contributed by atoms with E-state index in [4.69, 9.17) is 5.73 Å². The van der Waals surface area contributed by atoms with Gasteiger partial charge in [-0.05, 0) is 42.5 Å². The highest BCUT2D eigenvalue weighted by Crippen LogP contribution is 2.24. The summed E-state index contributed by atoms with van der Waals surface area (Å²) in [5.41, 5.74) is 7.49. The predicted molar refractivity (Wildman–Crippen MR) is 82.6 cm³/mol. The molecule has 0 saturated carbocycles. The zero-order valence-corrected chi connectivity index (χ0v) is 12.5. The smallest absolute Gasteiger partial charge is 0.0343 e. The number of aryl methyl sites for hydroxylation is 1. The third-order valence-electron chi connectivity index (χ3n) is 3.03. The Morgan fingerprint density at radius 2 is 1.78 bits per heavy atom. The molecule has 3 heteroatoms. The van der Waals surface area contributed by atoms with Crippen LogP contribution in [0.4, 0.5) is 0 Å². The van der Waals surface area contributed by atoms with Gasteiger partial charge in [0, 0.05) is 27.1 Å². The molecule has 0 saturated heterocycles. The van der Waals surface area contributed by atoms with Crippen LogP contribution in [0.3, 0.4) is 0 Å². The van der Waals surface area contributed by atoms with Crippen LogP contribution < -0.4 is 5.73 Å². The molecule has 2 aromatic rings. The topological polar surface area (TPSA) is 26.0 Å². The molecule has 0 aliphatic carbocycles. The van der Waals surface area contributed by atoms with E-state index in [-0.39, 0.29) is 6.04 Å².